The Bertz CT molecular complexity index is 785. The molecule has 0 spiro atoms. The van der Waals surface area contributed by atoms with E-state index in [4.69, 9.17) is 10.5 Å². The molecule has 8 nitrogen and oxygen atoms in total. The van der Waals surface area contributed by atoms with Crippen molar-refractivity contribution in [2.75, 3.05) is 30.7 Å². The average molecular weight is 377 g/mol. The lowest BCUT2D eigenvalue weighted by molar-refractivity contribution is 0.320. The van der Waals surface area contributed by atoms with Gasteiger partial charge in [-0.15, -0.1) is 0 Å². The van der Waals surface area contributed by atoms with E-state index in [1.165, 1.54) is 36.5 Å². The molecule has 0 bridgehead atoms. The Morgan fingerprint density at radius 2 is 1.88 bits per heavy atom. The smallest absolute Gasteiger partial charge is 0.245 e. The molecule has 3 N–H and O–H groups in total. The van der Waals surface area contributed by atoms with Crippen molar-refractivity contribution in [2.45, 2.75) is 30.7 Å². The summed E-state index contributed by atoms with van der Waals surface area (Å²) >= 11 is 0. The van der Waals surface area contributed by atoms with Gasteiger partial charge in [0.1, 0.15) is 10.6 Å². The van der Waals surface area contributed by atoms with E-state index < -0.39 is 20.0 Å². The standard InChI is InChI=1S/C14H23N3O5S2/c1-3-23(18,19)16-13-10-12(22-2)4-5-14(13)24(20,21)17-8-6-11(15)7-9-17/h4-5,10-11,16H,3,6-9,15H2,1-2H3. The fourth-order valence-corrected chi connectivity index (χ4v) is 4.75. The number of piperidine rings is 1. The summed E-state index contributed by atoms with van der Waals surface area (Å²) in [6, 6.07) is 4.21. The minimum absolute atomic E-state index is 0.00827. The summed E-state index contributed by atoms with van der Waals surface area (Å²) in [5, 5.41) is 0. The van der Waals surface area contributed by atoms with Crippen molar-refractivity contribution in [1.29, 1.82) is 0 Å². The molecule has 0 radical (unpaired) electrons. The second-order valence-corrected chi connectivity index (χ2v) is 9.53. The van der Waals surface area contributed by atoms with Gasteiger partial charge in [-0.25, -0.2) is 16.8 Å². The maximum atomic E-state index is 12.9. The first-order valence-electron chi connectivity index (χ1n) is 7.64. The molecular formula is C14H23N3O5S2. The maximum absolute atomic E-state index is 12.9. The average Bonchev–Trinajstić information content (AvgIpc) is 2.54. The molecule has 1 aliphatic rings. The number of nitrogens with two attached hydrogens (primary N) is 1. The first kappa shape index (κ1) is 19.0. The van der Waals surface area contributed by atoms with Gasteiger partial charge in [-0.2, -0.15) is 4.31 Å². The highest BCUT2D eigenvalue weighted by Crippen LogP contribution is 2.30. The highest BCUT2D eigenvalue weighted by molar-refractivity contribution is 7.93. The first-order chi connectivity index (χ1) is 11.2. The van der Waals surface area contributed by atoms with Crippen molar-refractivity contribution in [3.05, 3.63) is 18.2 Å². The molecule has 0 aromatic heterocycles. The predicted molar refractivity (Wildman–Crippen MR) is 92.0 cm³/mol. The summed E-state index contributed by atoms with van der Waals surface area (Å²) in [7, 11) is -6.03. The number of nitrogens with zero attached hydrogens (tertiary/aromatic N) is 1. The van der Waals surface area contributed by atoms with Crippen molar-refractivity contribution >= 4 is 25.7 Å². The van der Waals surface area contributed by atoms with Crippen molar-refractivity contribution in [1.82, 2.24) is 4.31 Å². The molecule has 1 aromatic rings. The van der Waals surface area contributed by atoms with E-state index in [2.05, 4.69) is 4.72 Å². The van der Waals surface area contributed by atoms with Gasteiger partial charge < -0.3 is 10.5 Å². The monoisotopic (exact) mass is 377 g/mol. The molecule has 10 heteroatoms. The highest BCUT2D eigenvalue weighted by atomic mass is 32.2. The number of nitrogens with one attached hydrogen (secondary N) is 1. The molecule has 2 rings (SSSR count). The van der Waals surface area contributed by atoms with E-state index in [0.717, 1.165) is 0 Å². The van der Waals surface area contributed by atoms with E-state index >= 15 is 0 Å². The first-order valence-corrected chi connectivity index (χ1v) is 10.7. The highest BCUT2D eigenvalue weighted by Gasteiger charge is 2.31. The van der Waals surface area contributed by atoms with Gasteiger partial charge >= 0.3 is 0 Å². The summed E-state index contributed by atoms with van der Waals surface area (Å²) in [5.41, 5.74) is 5.81. The van der Waals surface area contributed by atoms with Crippen molar-refractivity contribution in [3.8, 4) is 5.75 Å². The van der Waals surface area contributed by atoms with Crippen molar-refractivity contribution in [3.63, 3.8) is 0 Å². The van der Waals surface area contributed by atoms with Gasteiger partial charge in [-0.05, 0) is 31.9 Å². The molecule has 1 heterocycles. The molecule has 0 amide bonds. The normalized spacial score (nSPS) is 17.6. The van der Waals surface area contributed by atoms with E-state index in [1.807, 2.05) is 0 Å². The molecular weight excluding hydrogens is 354 g/mol. The van der Waals surface area contributed by atoms with Crippen LogP contribution in [0.15, 0.2) is 23.1 Å². The topological polar surface area (TPSA) is 119 Å². The zero-order valence-corrected chi connectivity index (χ0v) is 15.4. The van der Waals surface area contributed by atoms with Crippen molar-refractivity contribution in [2.24, 2.45) is 5.73 Å². The van der Waals surface area contributed by atoms with E-state index in [0.29, 0.717) is 31.7 Å². The number of benzene rings is 1. The molecule has 1 fully saturated rings. The van der Waals surface area contributed by atoms with Gasteiger partial charge in [-0.1, -0.05) is 0 Å². The largest absolute Gasteiger partial charge is 0.497 e. The van der Waals surface area contributed by atoms with Crippen LogP contribution in [0, 0.1) is 0 Å². The molecule has 1 aromatic carbocycles. The molecule has 1 saturated heterocycles. The maximum Gasteiger partial charge on any atom is 0.245 e. The van der Waals surface area contributed by atoms with Gasteiger partial charge in [0.2, 0.25) is 20.0 Å². The molecule has 0 unspecified atom stereocenters. The van der Waals surface area contributed by atoms with Gasteiger partial charge in [0.05, 0.1) is 18.6 Å². The lowest BCUT2D eigenvalue weighted by atomic mass is 10.1. The number of hydrogen-bond acceptors (Lipinski definition) is 6. The fourth-order valence-electron chi connectivity index (χ4n) is 2.44. The zero-order valence-electron chi connectivity index (χ0n) is 13.7. The Morgan fingerprint density at radius 1 is 1.25 bits per heavy atom. The van der Waals surface area contributed by atoms with Crippen LogP contribution in [0.3, 0.4) is 0 Å². The lowest BCUT2D eigenvalue weighted by Gasteiger charge is -2.30. The molecule has 0 atom stereocenters. The number of hydrogen-bond donors (Lipinski definition) is 2. The molecule has 24 heavy (non-hydrogen) atoms. The Labute approximate surface area is 143 Å². The minimum atomic E-state index is -3.83. The quantitative estimate of drug-likeness (QED) is 0.748. The third-order valence-electron chi connectivity index (χ3n) is 3.95. The van der Waals surface area contributed by atoms with Crippen LogP contribution in [0.4, 0.5) is 5.69 Å². The second kappa shape index (κ2) is 7.26. The third-order valence-corrected chi connectivity index (χ3v) is 7.20. The summed E-state index contributed by atoms with van der Waals surface area (Å²) < 4.78 is 58.3. The van der Waals surface area contributed by atoms with Gasteiger partial charge in [0, 0.05) is 25.2 Å². The number of methoxy groups -OCH3 is 1. The van der Waals surface area contributed by atoms with Crippen LogP contribution >= 0.6 is 0 Å². The predicted octanol–water partition coefficient (Wildman–Crippen LogP) is 0.569. The molecule has 0 saturated carbocycles. The SMILES string of the molecule is CCS(=O)(=O)Nc1cc(OC)ccc1S(=O)(=O)N1CCC(N)CC1. The number of sulfonamides is 2. The van der Waals surface area contributed by atoms with Crippen LogP contribution in [-0.4, -0.2) is 53.1 Å². The summed E-state index contributed by atoms with van der Waals surface area (Å²) in [4.78, 5) is -0.0872. The van der Waals surface area contributed by atoms with Crippen LogP contribution in [0.2, 0.25) is 0 Å². The Balaban J connectivity index is 2.44. The third kappa shape index (κ3) is 4.18. The summed E-state index contributed by atoms with van der Waals surface area (Å²) in [6.07, 6.45) is 1.15. The van der Waals surface area contributed by atoms with Crippen LogP contribution < -0.4 is 15.2 Å². The second-order valence-electron chi connectivity index (χ2n) is 5.61. The van der Waals surface area contributed by atoms with Crippen molar-refractivity contribution < 1.29 is 21.6 Å². The molecule has 0 aliphatic carbocycles. The molecule has 1 aliphatic heterocycles. The van der Waals surface area contributed by atoms with Gasteiger partial charge in [0.15, 0.2) is 0 Å². The summed E-state index contributed by atoms with van der Waals surface area (Å²) in [5.74, 6) is 0.200. The number of anilines is 1. The summed E-state index contributed by atoms with van der Waals surface area (Å²) in [6.45, 7) is 2.10. The Morgan fingerprint density at radius 3 is 2.42 bits per heavy atom. The fraction of sp³-hybridized carbons (Fsp3) is 0.571. The van der Waals surface area contributed by atoms with E-state index in [-0.39, 0.29) is 22.4 Å². The van der Waals surface area contributed by atoms with Crippen LogP contribution in [0.5, 0.6) is 5.75 Å². The zero-order chi connectivity index (χ0) is 18.0. The minimum Gasteiger partial charge on any atom is -0.497 e. The van der Waals surface area contributed by atoms with Gasteiger partial charge in [-0.3, -0.25) is 4.72 Å². The van der Waals surface area contributed by atoms with Crippen LogP contribution in [0.25, 0.3) is 0 Å². The van der Waals surface area contributed by atoms with E-state index in [9.17, 15) is 16.8 Å². The van der Waals surface area contributed by atoms with Gasteiger partial charge in [0.25, 0.3) is 0 Å². The van der Waals surface area contributed by atoms with Crippen LogP contribution in [-0.2, 0) is 20.0 Å². The molecule has 136 valence electrons. The Hall–Kier alpha value is -1.36. The number of ether oxygens (including phenoxy) is 1. The lowest BCUT2D eigenvalue weighted by Crippen LogP contribution is -2.43. The van der Waals surface area contributed by atoms with E-state index in [1.54, 1.807) is 0 Å². The Kier molecular flexibility index (Phi) is 5.74. The number of rotatable bonds is 6. The van der Waals surface area contributed by atoms with Crippen LogP contribution in [0.1, 0.15) is 19.8 Å².